The molecule has 0 fully saturated rings. The number of hydrogen-bond acceptors (Lipinski definition) is 3. The monoisotopic (exact) mass is 296 g/mol. The van der Waals surface area contributed by atoms with Crippen molar-refractivity contribution in [3.63, 3.8) is 0 Å². The van der Waals surface area contributed by atoms with E-state index in [1.165, 1.54) is 0 Å². The summed E-state index contributed by atoms with van der Waals surface area (Å²) >= 11 is 11.6. The van der Waals surface area contributed by atoms with Crippen molar-refractivity contribution in [2.24, 2.45) is 5.73 Å². The van der Waals surface area contributed by atoms with E-state index in [9.17, 15) is 4.79 Å². The van der Waals surface area contributed by atoms with E-state index in [4.69, 9.17) is 33.7 Å². The highest BCUT2D eigenvalue weighted by Crippen LogP contribution is 2.28. The molecule has 0 saturated carbocycles. The zero-order valence-electron chi connectivity index (χ0n) is 9.98. The molecule has 0 aliphatic heterocycles. The van der Waals surface area contributed by atoms with Gasteiger partial charge in [0.2, 0.25) is 5.88 Å². The van der Waals surface area contributed by atoms with Crippen molar-refractivity contribution in [1.82, 2.24) is 4.98 Å². The maximum Gasteiger partial charge on any atom is 0.254 e. The minimum absolute atomic E-state index is 0.0832. The average Bonchev–Trinajstić information content (AvgIpc) is 2.30. The van der Waals surface area contributed by atoms with Gasteiger partial charge in [0, 0.05) is 5.02 Å². The zero-order valence-corrected chi connectivity index (χ0v) is 11.5. The van der Waals surface area contributed by atoms with Gasteiger partial charge in [0.05, 0.1) is 0 Å². The lowest BCUT2D eigenvalue weighted by Gasteiger charge is -2.10. The number of primary amides is 1. The fourth-order valence-corrected chi connectivity index (χ4v) is 1.96. The lowest BCUT2D eigenvalue weighted by molar-refractivity contribution is 0.0997. The van der Waals surface area contributed by atoms with Crippen molar-refractivity contribution in [2.45, 2.75) is 6.92 Å². The van der Waals surface area contributed by atoms with Crippen LogP contribution >= 0.6 is 23.2 Å². The van der Waals surface area contributed by atoms with Gasteiger partial charge in [0.25, 0.3) is 5.91 Å². The van der Waals surface area contributed by atoms with Crippen molar-refractivity contribution < 1.29 is 9.53 Å². The molecule has 2 aromatic rings. The van der Waals surface area contributed by atoms with Crippen molar-refractivity contribution in [3.8, 4) is 11.6 Å². The van der Waals surface area contributed by atoms with E-state index in [-0.39, 0.29) is 16.6 Å². The number of pyridine rings is 1. The Morgan fingerprint density at radius 3 is 2.47 bits per heavy atom. The van der Waals surface area contributed by atoms with Gasteiger partial charge in [-0.1, -0.05) is 23.2 Å². The smallest absolute Gasteiger partial charge is 0.254 e. The van der Waals surface area contributed by atoms with Gasteiger partial charge in [-0.15, -0.1) is 0 Å². The average molecular weight is 297 g/mol. The number of carbonyl (C=O) groups is 1. The zero-order chi connectivity index (χ0) is 14.0. The number of carbonyl (C=O) groups excluding carboxylic acids is 1. The van der Waals surface area contributed by atoms with Gasteiger partial charge < -0.3 is 10.5 Å². The van der Waals surface area contributed by atoms with Gasteiger partial charge in [-0.3, -0.25) is 4.79 Å². The minimum atomic E-state index is -0.620. The normalized spacial score (nSPS) is 10.3. The molecule has 1 aromatic carbocycles. The standard InChI is InChI=1S/C13H10Cl2N2O2/c1-7-6-10(15)17-13(11(7)12(16)18)19-9-4-2-8(14)3-5-9/h2-6H,1H3,(H2,16,18). The Balaban J connectivity index is 2.44. The Hall–Kier alpha value is -1.78. The number of nitrogens with zero attached hydrogens (tertiary/aromatic N) is 1. The molecule has 0 aliphatic carbocycles. The molecular weight excluding hydrogens is 287 g/mol. The van der Waals surface area contributed by atoms with Crippen LogP contribution in [0.4, 0.5) is 0 Å². The first-order valence-electron chi connectivity index (χ1n) is 5.37. The molecule has 0 spiro atoms. The molecule has 0 atom stereocenters. The van der Waals surface area contributed by atoms with Crippen LogP contribution in [0.1, 0.15) is 15.9 Å². The predicted molar refractivity (Wildman–Crippen MR) is 74.0 cm³/mol. The quantitative estimate of drug-likeness (QED) is 0.880. The van der Waals surface area contributed by atoms with Crippen molar-refractivity contribution in [1.29, 1.82) is 0 Å². The molecule has 98 valence electrons. The van der Waals surface area contributed by atoms with Crippen molar-refractivity contribution in [3.05, 3.63) is 51.6 Å². The number of halogens is 2. The molecule has 0 aliphatic rings. The Kier molecular flexibility index (Phi) is 3.93. The summed E-state index contributed by atoms with van der Waals surface area (Å²) in [6.45, 7) is 1.71. The van der Waals surface area contributed by atoms with Gasteiger partial charge in [0.15, 0.2) is 0 Å². The summed E-state index contributed by atoms with van der Waals surface area (Å²) in [6.07, 6.45) is 0. The molecule has 19 heavy (non-hydrogen) atoms. The molecule has 0 unspecified atom stereocenters. The SMILES string of the molecule is Cc1cc(Cl)nc(Oc2ccc(Cl)cc2)c1C(N)=O. The van der Waals surface area contributed by atoms with Gasteiger partial charge in [0.1, 0.15) is 16.5 Å². The van der Waals surface area contributed by atoms with Crippen LogP contribution in [0.3, 0.4) is 0 Å². The van der Waals surface area contributed by atoms with Crippen LogP contribution in [0.15, 0.2) is 30.3 Å². The molecule has 6 heteroatoms. The Morgan fingerprint density at radius 1 is 1.26 bits per heavy atom. The summed E-state index contributed by atoms with van der Waals surface area (Å²) in [6, 6.07) is 8.20. The number of amides is 1. The summed E-state index contributed by atoms with van der Waals surface area (Å²) in [5.74, 6) is -0.0495. The summed E-state index contributed by atoms with van der Waals surface area (Å²) in [7, 11) is 0. The summed E-state index contributed by atoms with van der Waals surface area (Å²) in [5, 5.41) is 0.809. The Labute approximate surface area is 120 Å². The predicted octanol–water partition coefficient (Wildman–Crippen LogP) is 3.59. The number of rotatable bonds is 3. The van der Waals surface area contributed by atoms with E-state index in [1.807, 2.05) is 0 Å². The Bertz CT molecular complexity index is 627. The molecule has 2 N–H and O–H groups in total. The van der Waals surface area contributed by atoms with E-state index in [0.29, 0.717) is 16.3 Å². The van der Waals surface area contributed by atoms with Gasteiger partial charge in [-0.2, -0.15) is 0 Å². The topological polar surface area (TPSA) is 65.2 Å². The Morgan fingerprint density at radius 2 is 1.89 bits per heavy atom. The number of aromatic nitrogens is 1. The van der Waals surface area contributed by atoms with E-state index < -0.39 is 5.91 Å². The summed E-state index contributed by atoms with van der Waals surface area (Å²) in [5.41, 5.74) is 6.14. The van der Waals surface area contributed by atoms with Crippen LogP contribution in [0.5, 0.6) is 11.6 Å². The van der Waals surface area contributed by atoms with Crippen LogP contribution in [-0.4, -0.2) is 10.9 Å². The highest BCUT2D eigenvalue weighted by Gasteiger charge is 2.16. The lowest BCUT2D eigenvalue weighted by Crippen LogP contribution is -2.15. The van der Waals surface area contributed by atoms with Crippen LogP contribution < -0.4 is 10.5 Å². The van der Waals surface area contributed by atoms with E-state index in [2.05, 4.69) is 4.98 Å². The number of nitrogens with two attached hydrogens (primary N) is 1. The fraction of sp³-hybridized carbons (Fsp3) is 0.0769. The molecule has 4 nitrogen and oxygen atoms in total. The first kappa shape index (κ1) is 13.6. The van der Waals surface area contributed by atoms with Crippen molar-refractivity contribution in [2.75, 3.05) is 0 Å². The first-order valence-corrected chi connectivity index (χ1v) is 6.13. The van der Waals surface area contributed by atoms with Gasteiger partial charge in [-0.25, -0.2) is 4.98 Å². The molecular formula is C13H10Cl2N2O2. The lowest BCUT2D eigenvalue weighted by atomic mass is 10.1. The second kappa shape index (κ2) is 5.47. The van der Waals surface area contributed by atoms with Crippen molar-refractivity contribution >= 4 is 29.1 Å². The van der Waals surface area contributed by atoms with Crippen LogP contribution in [0, 0.1) is 6.92 Å². The third kappa shape index (κ3) is 3.16. The highest BCUT2D eigenvalue weighted by atomic mass is 35.5. The molecule has 0 saturated heterocycles. The van der Waals surface area contributed by atoms with Crippen LogP contribution in [-0.2, 0) is 0 Å². The minimum Gasteiger partial charge on any atom is -0.438 e. The van der Waals surface area contributed by atoms with Gasteiger partial charge in [-0.05, 0) is 42.8 Å². The molecule has 2 rings (SSSR count). The number of aryl methyl sites for hydroxylation is 1. The van der Waals surface area contributed by atoms with Crippen LogP contribution in [0.25, 0.3) is 0 Å². The van der Waals surface area contributed by atoms with E-state index in [0.717, 1.165) is 0 Å². The first-order chi connectivity index (χ1) is 8.97. The number of ether oxygens (including phenoxy) is 1. The molecule has 0 radical (unpaired) electrons. The second-order valence-corrected chi connectivity index (χ2v) is 4.69. The fourth-order valence-electron chi connectivity index (χ4n) is 1.59. The van der Waals surface area contributed by atoms with Gasteiger partial charge >= 0.3 is 0 Å². The summed E-state index contributed by atoms with van der Waals surface area (Å²) < 4.78 is 5.53. The van der Waals surface area contributed by atoms with Crippen LogP contribution in [0.2, 0.25) is 10.2 Å². The summed E-state index contributed by atoms with van der Waals surface area (Å²) in [4.78, 5) is 15.4. The highest BCUT2D eigenvalue weighted by molar-refractivity contribution is 6.30. The molecule has 0 bridgehead atoms. The number of benzene rings is 1. The third-order valence-corrected chi connectivity index (χ3v) is 2.87. The maximum atomic E-state index is 11.4. The van der Waals surface area contributed by atoms with E-state index in [1.54, 1.807) is 37.3 Å². The molecule has 1 aromatic heterocycles. The second-order valence-electron chi connectivity index (χ2n) is 3.86. The largest absolute Gasteiger partial charge is 0.438 e. The third-order valence-electron chi connectivity index (χ3n) is 2.43. The number of hydrogen-bond donors (Lipinski definition) is 1. The molecule has 1 heterocycles. The van der Waals surface area contributed by atoms with E-state index >= 15 is 0 Å². The molecule has 1 amide bonds. The maximum absolute atomic E-state index is 11.4.